The van der Waals surface area contributed by atoms with Gasteiger partial charge in [0.15, 0.2) is 0 Å². The minimum absolute atomic E-state index is 1.02. The summed E-state index contributed by atoms with van der Waals surface area (Å²) < 4.78 is 0. The Bertz CT molecular complexity index is 286. The molecule has 8 unspecified atom stereocenters. The molecule has 0 aliphatic heterocycles. The predicted molar refractivity (Wildman–Crippen MR) is 46.4 cm³/mol. The smallest absolute Gasteiger partial charge is 0.0173 e. The molecule has 0 radical (unpaired) electrons. The van der Waals surface area contributed by atoms with E-state index in [2.05, 4.69) is 6.92 Å². The Hall–Kier alpha value is 0. The minimum atomic E-state index is 1.02. The van der Waals surface area contributed by atoms with Crippen LogP contribution < -0.4 is 0 Å². The highest BCUT2D eigenvalue weighted by atomic mass is 14.9. The van der Waals surface area contributed by atoms with E-state index in [1.807, 2.05) is 0 Å². The summed E-state index contributed by atoms with van der Waals surface area (Å²) in [5.74, 6) is 8.58. The van der Waals surface area contributed by atoms with Gasteiger partial charge in [0.1, 0.15) is 0 Å². The van der Waals surface area contributed by atoms with E-state index in [9.17, 15) is 0 Å². The summed E-state index contributed by atoms with van der Waals surface area (Å²) in [7, 11) is 0. The molecule has 0 aromatic carbocycles. The molecule has 0 bridgehead atoms. The van der Waals surface area contributed by atoms with E-state index in [-0.39, 0.29) is 0 Å². The molecule has 5 fully saturated rings. The van der Waals surface area contributed by atoms with Gasteiger partial charge in [-0.15, -0.1) is 0 Å². The van der Waals surface area contributed by atoms with Gasteiger partial charge in [-0.05, 0) is 66.1 Å². The maximum atomic E-state index is 2.56. The van der Waals surface area contributed by atoms with Crippen LogP contribution >= 0.6 is 0 Å². The topological polar surface area (TPSA) is 0 Å². The van der Waals surface area contributed by atoms with Crippen molar-refractivity contribution < 1.29 is 0 Å². The van der Waals surface area contributed by atoms with Crippen LogP contribution in [0.1, 0.15) is 26.2 Å². The van der Waals surface area contributed by atoms with Gasteiger partial charge in [0.25, 0.3) is 0 Å². The van der Waals surface area contributed by atoms with Gasteiger partial charge in [-0.3, -0.25) is 0 Å². The van der Waals surface area contributed by atoms with Crippen molar-refractivity contribution in [3.8, 4) is 0 Å². The highest BCUT2D eigenvalue weighted by molar-refractivity contribution is 5.35. The molecular formula is C12H16. The largest absolute Gasteiger partial charge is 0.0619 e. The quantitative estimate of drug-likeness (QED) is 0.511. The molecule has 5 aliphatic rings. The van der Waals surface area contributed by atoms with Crippen molar-refractivity contribution in [2.24, 2.45) is 46.8 Å². The molecule has 0 N–H and O–H groups in total. The third kappa shape index (κ3) is 0.258. The summed E-state index contributed by atoms with van der Waals surface area (Å²) in [5, 5.41) is 0. The molecule has 0 heteroatoms. The summed E-state index contributed by atoms with van der Waals surface area (Å²) in [6.07, 6.45) is 4.93. The van der Waals surface area contributed by atoms with E-state index in [1.165, 1.54) is 35.5 Å². The number of hydrogen-bond acceptors (Lipinski definition) is 0. The lowest BCUT2D eigenvalue weighted by atomic mass is 9.22. The van der Waals surface area contributed by atoms with Crippen molar-refractivity contribution in [3.63, 3.8) is 0 Å². The van der Waals surface area contributed by atoms with Crippen molar-refractivity contribution in [2.45, 2.75) is 26.2 Å². The maximum absolute atomic E-state index is 2.56. The van der Waals surface area contributed by atoms with Crippen molar-refractivity contribution in [1.82, 2.24) is 0 Å². The zero-order valence-corrected chi connectivity index (χ0v) is 7.66. The van der Waals surface area contributed by atoms with Crippen LogP contribution in [0.5, 0.6) is 0 Å². The average molecular weight is 160 g/mol. The standard InChI is InChI=1S/C12H16/c1-5-7-4-8-10-3-6-2-9(5)12(6,10)11(7)8/h5-11H,2-4H2,1H3. The molecule has 0 aromatic heterocycles. The summed E-state index contributed by atoms with van der Waals surface area (Å²) in [6.45, 7) is 2.56. The molecule has 5 aliphatic carbocycles. The van der Waals surface area contributed by atoms with Gasteiger partial charge < -0.3 is 0 Å². The highest BCUT2D eigenvalue weighted by Crippen LogP contribution is 2.92. The van der Waals surface area contributed by atoms with E-state index in [0.717, 1.165) is 11.3 Å². The van der Waals surface area contributed by atoms with Crippen LogP contribution in [-0.4, -0.2) is 0 Å². The van der Waals surface area contributed by atoms with E-state index in [1.54, 1.807) is 19.3 Å². The van der Waals surface area contributed by atoms with Gasteiger partial charge in [0.2, 0.25) is 0 Å². The lowest BCUT2D eigenvalue weighted by Gasteiger charge is -2.82. The Kier molecular flexibility index (Phi) is 0.578. The minimum Gasteiger partial charge on any atom is -0.0619 e. The normalized spacial score (nSPS) is 85.2. The number of fused-ring (bicyclic) bond motifs is 1. The Balaban J connectivity index is 1.75. The Morgan fingerprint density at radius 1 is 1.00 bits per heavy atom. The third-order valence-corrected chi connectivity index (χ3v) is 6.94. The molecule has 5 rings (SSSR count). The molecule has 0 nitrogen and oxygen atoms in total. The van der Waals surface area contributed by atoms with Crippen LogP contribution in [0.15, 0.2) is 0 Å². The molecule has 64 valence electrons. The molecule has 8 atom stereocenters. The fourth-order valence-electron chi connectivity index (χ4n) is 6.67. The molecule has 0 saturated heterocycles. The van der Waals surface area contributed by atoms with E-state index in [0.29, 0.717) is 0 Å². The fraction of sp³-hybridized carbons (Fsp3) is 1.00. The summed E-state index contributed by atoms with van der Waals surface area (Å²) >= 11 is 0. The van der Waals surface area contributed by atoms with Gasteiger partial charge in [0, 0.05) is 0 Å². The lowest BCUT2D eigenvalue weighted by molar-refractivity contribution is -0.348. The molecule has 12 heavy (non-hydrogen) atoms. The number of rotatable bonds is 0. The maximum Gasteiger partial charge on any atom is -0.0173 e. The van der Waals surface area contributed by atoms with Crippen LogP contribution in [0.25, 0.3) is 0 Å². The SMILES string of the molecule is CC1C2CC3C4CC5CC1C54C23. The number of hydrogen-bond donors (Lipinski definition) is 0. The van der Waals surface area contributed by atoms with E-state index < -0.39 is 0 Å². The molecule has 1 spiro atoms. The zero-order valence-electron chi connectivity index (χ0n) is 7.66. The van der Waals surface area contributed by atoms with Crippen LogP contribution in [0.2, 0.25) is 0 Å². The predicted octanol–water partition coefficient (Wildman–Crippen LogP) is 2.54. The first-order valence-electron chi connectivity index (χ1n) is 5.85. The van der Waals surface area contributed by atoms with E-state index >= 15 is 0 Å². The fourth-order valence-corrected chi connectivity index (χ4v) is 6.67. The van der Waals surface area contributed by atoms with Crippen LogP contribution in [0.3, 0.4) is 0 Å². The van der Waals surface area contributed by atoms with Crippen molar-refractivity contribution in [3.05, 3.63) is 0 Å². The Labute approximate surface area is 73.7 Å². The third-order valence-electron chi connectivity index (χ3n) is 6.94. The van der Waals surface area contributed by atoms with Crippen LogP contribution in [-0.2, 0) is 0 Å². The lowest BCUT2D eigenvalue weighted by Crippen LogP contribution is -2.77. The van der Waals surface area contributed by atoms with E-state index in [4.69, 9.17) is 0 Å². The molecule has 5 saturated carbocycles. The first-order chi connectivity index (χ1) is 5.85. The zero-order chi connectivity index (χ0) is 7.66. The van der Waals surface area contributed by atoms with Crippen LogP contribution in [0, 0.1) is 46.8 Å². The molecule has 0 heterocycles. The summed E-state index contributed by atoms with van der Waals surface area (Å²) in [6, 6.07) is 0. The molecular weight excluding hydrogens is 144 g/mol. The van der Waals surface area contributed by atoms with Gasteiger partial charge >= 0.3 is 0 Å². The first kappa shape index (κ1) is 5.67. The Morgan fingerprint density at radius 2 is 1.83 bits per heavy atom. The van der Waals surface area contributed by atoms with Crippen molar-refractivity contribution in [2.75, 3.05) is 0 Å². The summed E-state index contributed by atoms with van der Waals surface area (Å²) in [4.78, 5) is 0. The monoisotopic (exact) mass is 160 g/mol. The first-order valence-corrected chi connectivity index (χ1v) is 5.85. The van der Waals surface area contributed by atoms with Crippen LogP contribution in [0.4, 0.5) is 0 Å². The van der Waals surface area contributed by atoms with Crippen molar-refractivity contribution in [1.29, 1.82) is 0 Å². The van der Waals surface area contributed by atoms with Gasteiger partial charge in [-0.25, -0.2) is 0 Å². The van der Waals surface area contributed by atoms with Gasteiger partial charge in [-0.2, -0.15) is 0 Å². The van der Waals surface area contributed by atoms with Gasteiger partial charge in [0.05, 0.1) is 0 Å². The Morgan fingerprint density at radius 3 is 2.58 bits per heavy atom. The van der Waals surface area contributed by atoms with Crippen molar-refractivity contribution >= 4 is 0 Å². The molecule has 0 aromatic rings. The van der Waals surface area contributed by atoms with Gasteiger partial charge in [-0.1, -0.05) is 6.92 Å². The second-order valence-corrected chi connectivity index (χ2v) is 6.33. The summed E-state index contributed by atoms with van der Waals surface area (Å²) in [5.41, 5.74) is 1.02. The second kappa shape index (κ2) is 1.22. The molecule has 0 amide bonds. The highest BCUT2D eigenvalue weighted by Gasteiger charge is 2.87. The second-order valence-electron chi connectivity index (χ2n) is 6.33. The average Bonchev–Trinajstić information content (AvgIpc) is 2.20.